The Bertz CT molecular complexity index is 716. The van der Waals surface area contributed by atoms with Crippen LogP contribution in [0.4, 0.5) is 0 Å². The Balaban J connectivity index is 2.36. The molecule has 0 saturated carbocycles. The van der Waals surface area contributed by atoms with Crippen LogP contribution in [0, 0.1) is 0 Å². The zero-order chi connectivity index (χ0) is 12.5. The minimum Gasteiger partial charge on any atom is -0.294 e. The highest BCUT2D eigenvalue weighted by Crippen LogP contribution is 2.24. The van der Waals surface area contributed by atoms with Crippen LogP contribution in [0.5, 0.6) is 0 Å². The first-order chi connectivity index (χ1) is 8.77. The molecular weight excluding hydrogens is 226 g/mol. The number of nitrogens with zero attached hydrogens (tertiary/aromatic N) is 3. The van der Waals surface area contributed by atoms with Gasteiger partial charge in [-0.25, -0.2) is 4.98 Å². The van der Waals surface area contributed by atoms with E-state index in [4.69, 9.17) is 0 Å². The van der Waals surface area contributed by atoms with Gasteiger partial charge in [-0.1, -0.05) is 30.3 Å². The summed E-state index contributed by atoms with van der Waals surface area (Å²) < 4.78 is 1.78. The van der Waals surface area contributed by atoms with E-state index in [1.54, 1.807) is 29.9 Å². The fraction of sp³-hybridized carbons (Fsp3) is 0.0714. The lowest BCUT2D eigenvalue weighted by Crippen LogP contribution is -2.00. The normalized spacial score (nSPS) is 10.7. The molecule has 3 rings (SSSR count). The van der Waals surface area contributed by atoms with Crippen molar-refractivity contribution in [2.45, 2.75) is 6.92 Å². The van der Waals surface area contributed by atoms with Gasteiger partial charge in [0.1, 0.15) is 11.4 Å². The molecule has 0 amide bonds. The van der Waals surface area contributed by atoms with Gasteiger partial charge in [-0.3, -0.25) is 14.2 Å². The fourth-order valence-electron chi connectivity index (χ4n) is 2.04. The van der Waals surface area contributed by atoms with Crippen molar-refractivity contribution in [2.24, 2.45) is 0 Å². The van der Waals surface area contributed by atoms with Crippen LogP contribution in [-0.4, -0.2) is 20.2 Å². The van der Waals surface area contributed by atoms with Crippen LogP contribution in [0.3, 0.4) is 0 Å². The van der Waals surface area contributed by atoms with E-state index >= 15 is 0 Å². The minimum atomic E-state index is -0.00690. The number of hydrogen-bond donors (Lipinski definition) is 0. The number of aromatic nitrogens is 3. The van der Waals surface area contributed by atoms with E-state index in [0.29, 0.717) is 17.0 Å². The molecule has 2 heterocycles. The predicted octanol–water partition coefficient (Wildman–Crippen LogP) is 2.60. The van der Waals surface area contributed by atoms with E-state index in [0.717, 1.165) is 5.56 Å². The van der Waals surface area contributed by atoms with E-state index in [9.17, 15) is 4.79 Å². The Kier molecular flexibility index (Phi) is 2.41. The van der Waals surface area contributed by atoms with Gasteiger partial charge in [-0.05, 0) is 0 Å². The number of rotatable bonds is 2. The summed E-state index contributed by atoms with van der Waals surface area (Å²) in [7, 11) is 0. The molecule has 0 aliphatic heterocycles. The van der Waals surface area contributed by atoms with Crippen molar-refractivity contribution in [2.75, 3.05) is 0 Å². The Labute approximate surface area is 104 Å². The number of ketones is 1. The molecule has 88 valence electrons. The van der Waals surface area contributed by atoms with Crippen LogP contribution < -0.4 is 0 Å². The molecule has 3 aromatic rings. The van der Waals surface area contributed by atoms with Gasteiger partial charge in [0, 0.05) is 24.9 Å². The summed E-state index contributed by atoms with van der Waals surface area (Å²) in [4.78, 5) is 20.3. The Hall–Kier alpha value is -2.49. The maximum Gasteiger partial charge on any atom is 0.178 e. The molecule has 0 atom stereocenters. The number of carbonyl (C=O) groups excluding carboxylic acids is 1. The summed E-state index contributed by atoms with van der Waals surface area (Å²) in [6, 6.07) is 9.70. The molecule has 0 spiro atoms. The Morgan fingerprint density at radius 1 is 1.22 bits per heavy atom. The molecule has 0 aliphatic rings. The topological polar surface area (TPSA) is 47.3 Å². The number of benzene rings is 1. The van der Waals surface area contributed by atoms with Crippen molar-refractivity contribution < 1.29 is 4.79 Å². The van der Waals surface area contributed by atoms with Crippen molar-refractivity contribution in [3.63, 3.8) is 0 Å². The molecule has 0 saturated heterocycles. The molecule has 4 nitrogen and oxygen atoms in total. The molecule has 0 bridgehead atoms. The average molecular weight is 237 g/mol. The first kappa shape index (κ1) is 10.7. The standard InChI is InChI=1S/C14H11N3O/c1-10(18)14-13(11-5-3-2-4-6-11)16-12-9-15-7-8-17(12)14/h2-9H,1H3. The number of imidazole rings is 1. The van der Waals surface area contributed by atoms with Gasteiger partial charge in [0.2, 0.25) is 0 Å². The molecule has 4 heteroatoms. The van der Waals surface area contributed by atoms with Gasteiger partial charge in [-0.15, -0.1) is 0 Å². The summed E-state index contributed by atoms with van der Waals surface area (Å²) in [6.45, 7) is 1.55. The van der Waals surface area contributed by atoms with Gasteiger partial charge in [0.05, 0.1) is 6.20 Å². The van der Waals surface area contributed by atoms with E-state index in [1.165, 1.54) is 0 Å². The van der Waals surface area contributed by atoms with Gasteiger partial charge in [0.15, 0.2) is 11.4 Å². The lowest BCUT2D eigenvalue weighted by Gasteiger charge is -2.00. The maximum atomic E-state index is 11.8. The van der Waals surface area contributed by atoms with Gasteiger partial charge in [-0.2, -0.15) is 0 Å². The highest BCUT2D eigenvalue weighted by Gasteiger charge is 2.16. The van der Waals surface area contributed by atoms with E-state index in [-0.39, 0.29) is 5.78 Å². The lowest BCUT2D eigenvalue weighted by molar-refractivity contribution is 0.101. The van der Waals surface area contributed by atoms with Crippen LogP contribution in [0.15, 0.2) is 48.9 Å². The van der Waals surface area contributed by atoms with E-state index in [1.807, 2.05) is 30.3 Å². The van der Waals surface area contributed by atoms with Crippen molar-refractivity contribution in [1.29, 1.82) is 0 Å². The molecule has 2 aromatic heterocycles. The number of fused-ring (bicyclic) bond motifs is 1. The highest BCUT2D eigenvalue weighted by molar-refractivity contribution is 5.99. The summed E-state index contributed by atoms with van der Waals surface area (Å²) in [5.74, 6) is -0.00690. The third-order valence-electron chi connectivity index (χ3n) is 2.81. The summed E-state index contributed by atoms with van der Waals surface area (Å²) in [6.07, 6.45) is 5.06. The van der Waals surface area contributed by atoms with Crippen LogP contribution in [0.2, 0.25) is 0 Å². The Morgan fingerprint density at radius 2 is 2.00 bits per heavy atom. The molecule has 0 aliphatic carbocycles. The van der Waals surface area contributed by atoms with Crippen LogP contribution >= 0.6 is 0 Å². The summed E-state index contributed by atoms with van der Waals surface area (Å²) in [5, 5.41) is 0. The van der Waals surface area contributed by atoms with Crippen LogP contribution in [-0.2, 0) is 0 Å². The number of hydrogen-bond acceptors (Lipinski definition) is 3. The van der Waals surface area contributed by atoms with E-state index in [2.05, 4.69) is 9.97 Å². The third-order valence-corrected chi connectivity index (χ3v) is 2.81. The second kappa shape index (κ2) is 4.07. The van der Waals surface area contributed by atoms with Gasteiger partial charge < -0.3 is 0 Å². The van der Waals surface area contributed by atoms with Crippen LogP contribution in [0.1, 0.15) is 17.4 Å². The second-order valence-electron chi connectivity index (χ2n) is 4.04. The molecule has 0 fully saturated rings. The zero-order valence-electron chi connectivity index (χ0n) is 9.87. The first-order valence-electron chi connectivity index (χ1n) is 5.66. The SMILES string of the molecule is CC(=O)c1c(-c2ccccc2)nc2cnccn12. The largest absolute Gasteiger partial charge is 0.294 e. The highest BCUT2D eigenvalue weighted by atomic mass is 16.1. The van der Waals surface area contributed by atoms with Crippen molar-refractivity contribution in [1.82, 2.24) is 14.4 Å². The third kappa shape index (κ3) is 1.59. The maximum absolute atomic E-state index is 11.8. The monoisotopic (exact) mass is 237 g/mol. The van der Waals surface area contributed by atoms with Gasteiger partial charge in [0.25, 0.3) is 0 Å². The first-order valence-corrected chi connectivity index (χ1v) is 5.66. The molecule has 0 radical (unpaired) electrons. The quantitative estimate of drug-likeness (QED) is 0.643. The fourth-order valence-corrected chi connectivity index (χ4v) is 2.04. The summed E-state index contributed by atoms with van der Waals surface area (Å²) >= 11 is 0. The molecule has 1 aromatic carbocycles. The number of carbonyl (C=O) groups is 1. The number of Topliss-reactive ketones (excluding diaryl/α,β-unsaturated/α-hetero) is 1. The van der Waals surface area contributed by atoms with Crippen molar-refractivity contribution in [3.8, 4) is 11.3 Å². The zero-order valence-corrected chi connectivity index (χ0v) is 9.87. The second-order valence-corrected chi connectivity index (χ2v) is 4.04. The molecule has 0 unspecified atom stereocenters. The molecule has 0 N–H and O–H groups in total. The van der Waals surface area contributed by atoms with Crippen LogP contribution in [0.25, 0.3) is 16.9 Å². The minimum absolute atomic E-state index is 0.00690. The van der Waals surface area contributed by atoms with E-state index < -0.39 is 0 Å². The summed E-state index contributed by atoms with van der Waals surface area (Å²) in [5.41, 5.74) is 2.92. The van der Waals surface area contributed by atoms with Gasteiger partial charge >= 0.3 is 0 Å². The Morgan fingerprint density at radius 3 is 2.72 bits per heavy atom. The lowest BCUT2D eigenvalue weighted by atomic mass is 10.1. The predicted molar refractivity (Wildman–Crippen MR) is 68.4 cm³/mol. The van der Waals surface area contributed by atoms with Crippen molar-refractivity contribution in [3.05, 3.63) is 54.6 Å². The average Bonchev–Trinajstić information content (AvgIpc) is 2.79. The molecule has 18 heavy (non-hydrogen) atoms. The smallest absolute Gasteiger partial charge is 0.178 e. The van der Waals surface area contributed by atoms with Crippen molar-refractivity contribution >= 4 is 11.4 Å². The molecular formula is C14H11N3O.